The molecule has 7 heteroatoms. The zero-order chi connectivity index (χ0) is 17.5. The molecule has 1 aromatic carbocycles. The third kappa shape index (κ3) is 3.08. The van der Waals surface area contributed by atoms with Crippen molar-refractivity contribution in [3.8, 4) is 0 Å². The largest absolute Gasteiger partial charge is 0.361 e. The van der Waals surface area contributed by atoms with Gasteiger partial charge in [0.1, 0.15) is 5.76 Å². The molecule has 0 spiro atoms. The second-order valence-electron chi connectivity index (χ2n) is 6.19. The van der Waals surface area contributed by atoms with Crippen LogP contribution in [0.2, 0.25) is 0 Å². The molecule has 6 nitrogen and oxygen atoms in total. The van der Waals surface area contributed by atoms with Gasteiger partial charge in [-0.2, -0.15) is 0 Å². The topological polar surface area (TPSA) is 80.5 Å². The van der Waals surface area contributed by atoms with Gasteiger partial charge in [0.2, 0.25) is 5.91 Å². The molecule has 0 aliphatic carbocycles. The van der Waals surface area contributed by atoms with Gasteiger partial charge in [-0.1, -0.05) is 5.16 Å². The Kier molecular flexibility index (Phi) is 4.21. The first kappa shape index (κ1) is 16.7. The normalized spacial score (nSPS) is 14.5. The van der Waals surface area contributed by atoms with Crippen molar-refractivity contribution < 1.29 is 17.7 Å². The Balaban J connectivity index is 1.91. The van der Waals surface area contributed by atoms with Crippen LogP contribution in [0.25, 0.3) is 0 Å². The Morgan fingerprint density at radius 1 is 1.33 bits per heavy atom. The number of carbonyl (C=O) groups excluding carboxylic acids is 1. The molecule has 1 amide bonds. The van der Waals surface area contributed by atoms with E-state index in [9.17, 15) is 13.2 Å². The van der Waals surface area contributed by atoms with E-state index in [4.69, 9.17) is 4.52 Å². The van der Waals surface area contributed by atoms with Crippen molar-refractivity contribution in [2.24, 2.45) is 0 Å². The quantitative estimate of drug-likeness (QED) is 0.849. The van der Waals surface area contributed by atoms with Crippen LogP contribution in [0.4, 0.5) is 5.69 Å². The van der Waals surface area contributed by atoms with E-state index in [-0.39, 0.29) is 12.3 Å². The minimum absolute atomic E-state index is 0.0301. The summed E-state index contributed by atoms with van der Waals surface area (Å²) in [5, 5.41) is 3.88. The van der Waals surface area contributed by atoms with E-state index in [1.165, 1.54) is 6.26 Å². The van der Waals surface area contributed by atoms with Gasteiger partial charge in [0.15, 0.2) is 9.84 Å². The molecule has 2 heterocycles. The predicted molar refractivity (Wildman–Crippen MR) is 89.9 cm³/mol. The minimum Gasteiger partial charge on any atom is -0.361 e. The summed E-state index contributed by atoms with van der Waals surface area (Å²) in [6.07, 6.45) is 3.01. The maximum Gasteiger partial charge on any atom is 0.231 e. The number of rotatable bonds is 3. The Hall–Kier alpha value is -2.15. The Bertz CT molecular complexity index is 880. The summed E-state index contributed by atoms with van der Waals surface area (Å²) < 4.78 is 28.6. The number of carbonyl (C=O) groups is 1. The molecular weight excluding hydrogens is 328 g/mol. The van der Waals surface area contributed by atoms with Crippen molar-refractivity contribution in [3.63, 3.8) is 0 Å². The van der Waals surface area contributed by atoms with Crippen LogP contribution in [0.1, 0.15) is 29.0 Å². The molecule has 24 heavy (non-hydrogen) atoms. The standard InChI is InChI=1S/C17H20N2O4S/c1-11-15(12(2)23-18-11)10-17(20)19-8-4-5-13-9-14(24(3,21)22)6-7-16(13)19/h6-7,9H,4-5,8,10H2,1-3H3. The molecule has 128 valence electrons. The average molecular weight is 348 g/mol. The van der Waals surface area contributed by atoms with Crippen molar-refractivity contribution in [1.82, 2.24) is 5.16 Å². The van der Waals surface area contributed by atoms with Crippen LogP contribution in [0.5, 0.6) is 0 Å². The van der Waals surface area contributed by atoms with Crippen molar-refractivity contribution in [3.05, 3.63) is 40.8 Å². The van der Waals surface area contributed by atoms with Crippen LogP contribution in [-0.2, 0) is 27.5 Å². The highest BCUT2D eigenvalue weighted by Crippen LogP contribution is 2.30. The van der Waals surface area contributed by atoms with Crippen LogP contribution >= 0.6 is 0 Å². The summed E-state index contributed by atoms with van der Waals surface area (Å²) in [6.45, 7) is 4.25. The molecule has 0 unspecified atom stereocenters. The Morgan fingerprint density at radius 2 is 2.08 bits per heavy atom. The molecule has 0 saturated heterocycles. The number of benzene rings is 1. The molecular formula is C17H20N2O4S. The number of hydrogen-bond acceptors (Lipinski definition) is 5. The molecule has 0 radical (unpaired) electrons. The molecule has 0 fully saturated rings. The van der Waals surface area contributed by atoms with Crippen molar-refractivity contribution >= 4 is 21.4 Å². The smallest absolute Gasteiger partial charge is 0.231 e. The second kappa shape index (κ2) is 6.05. The first-order valence-corrected chi connectivity index (χ1v) is 9.71. The maximum atomic E-state index is 12.8. The molecule has 3 rings (SSSR count). The highest BCUT2D eigenvalue weighted by molar-refractivity contribution is 7.90. The third-order valence-corrected chi connectivity index (χ3v) is 5.52. The fraction of sp³-hybridized carbons (Fsp3) is 0.412. The monoisotopic (exact) mass is 348 g/mol. The number of hydrogen-bond donors (Lipinski definition) is 0. The predicted octanol–water partition coefficient (Wildman–Crippen LogP) is 2.22. The molecule has 0 saturated carbocycles. The van der Waals surface area contributed by atoms with Crippen LogP contribution < -0.4 is 4.90 Å². The van der Waals surface area contributed by atoms with E-state index in [1.54, 1.807) is 30.0 Å². The summed E-state index contributed by atoms with van der Waals surface area (Å²) in [5.41, 5.74) is 3.24. The molecule has 0 N–H and O–H groups in total. The number of sulfone groups is 1. The average Bonchev–Trinajstić information content (AvgIpc) is 2.84. The fourth-order valence-corrected chi connectivity index (χ4v) is 3.74. The SMILES string of the molecule is Cc1noc(C)c1CC(=O)N1CCCc2cc(S(C)(=O)=O)ccc21. The van der Waals surface area contributed by atoms with Crippen LogP contribution in [0.3, 0.4) is 0 Å². The van der Waals surface area contributed by atoms with Gasteiger partial charge in [0.25, 0.3) is 0 Å². The summed E-state index contributed by atoms with van der Waals surface area (Å²) in [7, 11) is -3.25. The molecule has 1 aliphatic rings. The first-order valence-electron chi connectivity index (χ1n) is 7.82. The lowest BCUT2D eigenvalue weighted by molar-refractivity contribution is -0.118. The fourth-order valence-electron chi connectivity index (χ4n) is 3.06. The van der Waals surface area contributed by atoms with Crippen molar-refractivity contribution in [2.45, 2.75) is 38.0 Å². The van der Waals surface area contributed by atoms with E-state index in [0.29, 0.717) is 17.2 Å². The number of fused-ring (bicyclic) bond motifs is 1. The van der Waals surface area contributed by atoms with Gasteiger partial charge in [-0.05, 0) is 50.5 Å². The van der Waals surface area contributed by atoms with Gasteiger partial charge in [-0.25, -0.2) is 8.42 Å². The van der Waals surface area contributed by atoms with Crippen molar-refractivity contribution in [1.29, 1.82) is 0 Å². The second-order valence-corrected chi connectivity index (χ2v) is 8.21. The summed E-state index contributed by atoms with van der Waals surface area (Å²) in [6, 6.07) is 4.98. The summed E-state index contributed by atoms with van der Waals surface area (Å²) in [5.74, 6) is 0.628. The van der Waals surface area contributed by atoms with Gasteiger partial charge >= 0.3 is 0 Å². The van der Waals surface area contributed by atoms with E-state index >= 15 is 0 Å². The summed E-state index contributed by atoms with van der Waals surface area (Å²) >= 11 is 0. The van der Waals surface area contributed by atoms with E-state index in [1.807, 2.05) is 6.92 Å². The highest BCUT2D eigenvalue weighted by Gasteiger charge is 2.25. The number of nitrogens with zero attached hydrogens (tertiary/aromatic N) is 2. The lowest BCUT2D eigenvalue weighted by Gasteiger charge is -2.30. The van der Waals surface area contributed by atoms with Gasteiger partial charge in [-0.15, -0.1) is 0 Å². The molecule has 2 aromatic rings. The third-order valence-electron chi connectivity index (χ3n) is 4.41. The molecule has 1 aromatic heterocycles. The summed E-state index contributed by atoms with van der Waals surface area (Å²) in [4.78, 5) is 14.8. The van der Waals surface area contributed by atoms with Crippen molar-refractivity contribution in [2.75, 3.05) is 17.7 Å². The Morgan fingerprint density at radius 3 is 2.71 bits per heavy atom. The number of amides is 1. The number of aryl methyl sites for hydroxylation is 3. The number of aromatic nitrogens is 1. The Labute approximate surface area is 141 Å². The minimum atomic E-state index is -3.25. The maximum absolute atomic E-state index is 12.8. The molecule has 0 bridgehead atoms. The lowest BCUT2D eigenvalue weighted by Crippen LogP contribution is -2.36. The van der Waals surface area contributed by atoms with Gasteiger partial charge in [0.05, 0.1) is 17.0 Å². The molecule has 0 atom stereocenters. The lowest BCUT2D eigenvalue weighted by atomic mass is 10.0. The zero-order valence-corrected chi connectivity index (χ0v) is 14.8. The van der Waals surface area contributed by atoms with E-state index in [2.05, 4.69) is 5.16 Å². The van der Waals surface area contributed by atoms with Crippen LogP contribution in [0.15, 0.2) is 27.6 Å². The first-order chi connectivity index (χ1) is 11.3. The van der Waals surface area contributed by atoms with E-state index in [0.717, 1.165) is 35.3 Å². The number of anilines is 1. The van der Waals surface area contributed by atoms with E-state index < -0.39 is 9.84 Å². The zero-order valence-electron chi connectivity index (χ0n) is 14.0. The van der Waals surface area contributed by atoms with Gasteiger partial charge < -0.3 is 9.42 Å². The van der Waals surface area contributed by atoms with Gasteiger partial charge in [-0.3, -0.25) is 4.79 Å². The van der Waals surface area contributed by atoms with Crippen LogP contribution in [0, 0.1) is 13.8 Å². The van der Waals surface area contributed by atoms with Gasteiger partial charge in [0, 0.05) is 24.1 Å². The van der Waals surface area contributed by atoms with Crippen LogP contribution in [-0.4, -0.2) is 32.3 Å². The highest BCUT2D eigenvalue weighted by atomic mass is 32.2. The molecule has 1 aliphatic heterocycles.